The third-order valence-corrected chi connectivity index (χ3v) is 6.29. The number of nitrogens with one attached hydrogen (secondary N) is 1. The van der Waals surface area contributed by atoms with Gasteiger partial charge in [-0.05, 0) is 46.3 Å². The number of hydrogen-bond acceptors (Lipinski definition) is 3. The van der Waals surface area contributed by atoms with Crippen molar-refractivity contribution in [1.29, 1.82) is 0 Å². The lowest BCUT2D eigenvalue weighted by molar-refractivity contribution is -0.137. The molecule has 0 bridgehead atoms. The molecule has 0 aliphatic heterocycles. The summed E-state index contributed by atoms with van der Waals surface area (Å²) >= 11 is 1.54. The number of carbonyl (C=O) groups excluding carboxylic acids is 2. The normalized spacial score (nSPS) is 11.5. The standard InChI is InChI=1S/C25H19F3N2O2S/c26-25(27,28)19-5-1-3-15(11-19)12-20-13-18-4-2-6-21(23(18)33-20)16-7-9-17(10-8-16)24(32)30-14-22(29)31/h1-11,13H,12,14H2,(H2,29,31)(H,30,32). The lowest BCUT2D eigenvalue weighted by Gasteiger charge is -2.08. The fourth-order valence-electron chi connectivity index (χ4n) is 3.56. The Labute approximate surface area is 191 Å². The Balaban J connectivity index is 1.59. The van der Waals surface area contributed by atoms with Crippen molar-refractivity contribution in [3.05, 3.63) is 94.4 Å². The van der Waals surface area contributed by atoms with Gasteiger partial charge in [-0.3, -0.25) is 9.59 Å². The average Bonchev–Trinajstić information content (AvgIpc) is 3.19. The van der Waals surface area contributed by atoms with E-state index in [1.807, 2.05) is 36.4 Å². The largest absolute Gasteiger partial charge is 0.416 e. The highest BCUT2D eigenvalue weighted by Crippen LogP contribution is 2.36. The fourth-order valence-corrected chi connectivity index (χ4v) is 4.79. The number of benzene rings is 3. The number of fused-ring (bicyclic) bond motifs is 1. The SMILES string of the molecule is NC(=O)CNC(=O)c1ccc(-c2cccc3cc(Cc4cccc(C(F)(F)F)c4)sc23)cc1. The maximum atomic E-state index is 13.0. The van der Waals surface area contributed by atoms with E-state index in [-0.39, 0.29) is 6.54 Å². The van der Waals surface area contributed by atoms with Gasteiger partial charge >= 0.3 is 6.18 Å². The number of nitrogens with two attached hydrogens (primary N) is 1. The van der Waals surface area contributed by atoms with Crippen molar-refractivity contribution < 1.29 is 22.8 Å². The van der Waals surface area contributed by atoms with Crippen LogP contribution in [0.15, 0.2) is 72.8 Å². The molecule has 2 amide bonds. The Hall–Kier alpha value is -3.65. The summed E-state index contributed by atoms with van der Waals surface area (Å²) in [6.07, 6.45) is -3.96. The molecule has 0 saturated heterocycles. The second kappa shape index (κ2) is 9.07. The zero-order valence-electron chi connectivity index (χ0n) is 17.3. The first-order valence-electron chi connectivity index (χ1n) is 10.1. The van der Waals surface area contributed by atoms with Gasteiger partial charge in [-0.15, -0.1) is 11.3 Å². The van der Waals surface area contributed by atoms with E-state index >= 15 is 0 Å². The molecule has 168 valence electrons. The molecule has 0 aliphatic rings. The summed E-state index contributed by atoms with van der Waals surface area (Å²) in [5.74, 6) is -1.01. The maximum Gasteiger partial charge on any atom is 0.416 e. The van der Waals surface area contributed by atoms with E-state index in [0.29, 0.717) is 17.5 Å². The van der Waals surface area contributed by atoms with Crippen molar-refractivity contribution in [1.82, 2.24) is 5.32 Å². The van der Waals surface area contributed by atoms with E-state index in [2.05, 4.69) is 5.32 Å². The Morgan fingerprint density at radius 3 is 2.36 bits per heavy atom. The summed E-state index contributed by atoms with van der Waals surface area (Å²) in [4.78, 5) is 23.9. The number of alkyl halides is 3. The fraction of sp³-hybridized carbons (Fsp3) is 0.120. The number of hydrogen-bond donors (Lipinski definition) is 2. The van der Waals surface area contributed by atoms with Crippen LogP contribution in [0.3, 0.4) is 0 Å². The van der Waals surface area contributed by atoms with Crippen LogP contribution in [0.1, 0.15) is 26.4 Å². The molecular weight excluding hydrogens is 449 g/mol. The Bertz CT molecular complexity index is 1330. The van der Waals surface area contributed by atoms with Crippen LogP contribution in [0.25, 0.3) is 21.2 Å². The van der Waals surface area contributed by atoms with Crippen LogP contribution in [0.2, 0.25) is 0 Å². The molecule has 0 fully saturated rings. The van der Waals surface area contributed by atoms with Crippen LogP contribution in [0.5, 0.6) is 0 Å². The lowest BCUT2D eigenvalue weighted by atomic mass is 10.0. The summed E-state index contributed by atoms with van der Waals surface area (Å²) in [5, 5.41) is 3.45. The minimum absolute atomic E-state index is 0.232. The number of primary amides is 1. The molecular formula is C25H19F3N2O2S. The van der Waals surface area contributed by atoms with Crippen molar-refractivity contribution in [3.63, 3.8) is 0 Å². The van der Waals surface area contributed by atoms with Crippen molar-refractivity contribution in [3.8, 4) is 11.1 Å². The topological polar surface area (TPSA) is 72.2 Å². The van der Waals surface area contributed by atoms with Gasteiger partial charge in [0.1, 0.15) is 0 Å². The molecule has 0 atom stereocenters. The minimum Gasteiger partial charge on any atom is -0.368 e. The van der Waals surface area contributed by atoms with Crippen molar-refractivity contribution in [2.75, 3.05) is 6.54 Å². The van der Waals surface area contributed by atoms with Crippen LogP contribution in [0, 0.1) is 0 Å². The van der Waals surface area contributed by atoms with Gasteiger partial charge in [0.2, 0.25) is 5.91 Å². The zero-order valence-corrected chi connectivity index (χ0v) is 18.1. The first kappa shape index (κ1) is 22.5. The number of halogens is 3. The van der Waals surface area contributed by atoms with Gasteiger partial charge in [0, 0.05) is 21.6 Å². The molecule has 8 heteroatoms. The van der Waals surface area contributed by atoms with Gasteiger partial charge in [0.25, 0.3) is 5.91 Å². The Kier molecular flexibility index (Phi) is 6.20. The monoisotopic (exact) mass is 468 g/mol. The Morgan fingerprint density at radius 1 is 0.939 bits per heavy atom. The molecule has 1 heterocycles. The van der Waals surface area contributed by atoms with Crippen molar-refractivity contribution >= 4 is 33.2 Å². The average molecular weight is 469 g/mol. The van der Waals surface area contributed by atoms with Gasteiger partial charge in [-0.25, -0.2) is 0 Å². The van der Waals surface area contributed by atoms with Gasteiger partial charge < -0.3 is 11.1 Å². The summed E-state index contributed by atoms with van der Waals surface area (Å²) in [6, 6.07) is 20.2. The van der Waals surface area contributed by atoms with E-state index in [0.717, 1.165) is 32.2 Å². The maximum absolute atomic E-state index is 13.0. The smallest absolute Gasteiger partial charge is 0.368 e. The molecule has 3 N–H and O–H groups in total. The molecule has 4 aromatic rings. The summed E-state index contributed by atoms with van der Waals surface area (Å²) in [6.45, 7) is -0.232. The molecule has 4 nitrogen and oxygen atoms in total. The molecule has 0 aliphatic carbocycles. The third kappa shape index (κ3) is 5.23. The van der Waals surface area contributed by atoms with E-state index < -0.39 is 23.6 Å². The number of rotatable bonds is 6. The van der Waals surface area contributed by atoms with E-state index in [9.17, 15) is 22.8 Å². The predicted octanol–water partition coefficient (Wildman–Crippen LogP) is 5.39. The molecule has 1 aromatic heterocycles. The van der Waals surface area contributed by atoms with Crippen LogP contribution < -0.4 is 11.1 Å². The van der Waals surface area contributed by atoms with Crippen molar-refractivity contribution in [2.45, 2.75) is 12.6 Å². The van der Waals surface area contributed by atoms with Gasteiger partial charge in [-0.2, -0.15) is 13.2 Å². The van der Waals surface area contributed by atoms with Crippen LogP contribution >= 0.6 is 11.3 Å². The molecule has 0 unspecified atom stereocenters. The number of amides is 2. The van der Waals surface area contributed by atoms with Crippen molar-refractivity contribution in [2.24, 2.45) is 5.73 Å². The second-order valence-electron chi connectivity index (χ2n) is 7.54. The first-order chi connectivity index (χ1) is 15.7. The molecule has 3 aromatic carbocycles. The summed E-state index contributed by atoms with van der Waals surface area (Å²) in [7, 11) is 0. The van der Waals surface area contributed by atoms with Crippen LogP contribution in [0.4, 0.5) is 13.2 Å². The van der Waals surface area contributed by atoms with E-state index in [4.69, 9.17) is 5.73 Å². The first-order valence-corrected chi connectivity index (χ1v) is 10.9. The van der Waals surface area contributed by atoms with E-state index in [1.54, 1.807) is 18.2 Å². The minimum atomic E-state index is -4.37. The highest BCUT2D eigenvalue weighted by Gasteiger charge is 2.30. The van der Waals surface area contributed by atoms with E-state index in [1.165, 1.54) is 23.5 Å². The highest BCUT2D eigenvalue weighted by atomic mass is 32.1. The van der Waals surface area contributed by atoms with Crippen LogP contribution in [-0.2, 0) is 17.4 Å². The van der Waals surface area contributed by atoms with Crippen LogP contribution in [-0.4, -0.2) is 18.4 Å². The highest BCUT2D eigenvalue weighted by molar-refractivity contribution is 7.19. The van der Waals surface area contributed by atoms with Gasteiger partial charge in [0.05, 0.1) is 12.1 Å². The van der Waals surface area contributed by atoms with Gasteiger partial charge in [-0.1, -0.05) is 48.5 Å². The predicted molar refractivity (Wildman–Crippen MR) is 123 cm³/mol. The molecule has 4 rings (SSSR count). The lowest BCUT2D eigenvalue weighted by Crippen LogP contribution is -2.33. The number of carbonyl (C=O) groups is 2. The number of thiophene rings is 1. The summed E-state index contributed by atoms with van der Waals surface area (Å²) in [5.41, 5.74) is 7.27. The molecule has 0 saturated carbocycles. The molecule has 0 spiro atoms. The third-order valence-electron chi connectivity index (χ3n) is 5.11. The Morgan fingerprint density at radius 2 is 1.67 bits per heavy atom. The quantitative estimate of drug-likeness (QED) is 0.398. The zero-order chi connectivity index (χ0) is 23.6. The second-order valence-corrected chi connectivity index (χ2v) is 8.67. The summed E-state index contributed by atoms with van der Waals surface area (Å²) < 4.78 is 40.1. The molecule has 33 heavy (non-hydrogen) atoms. The van der Waals surface area contributed by atoms with Gasteiger partial charge in [0.15, 0.2) is 0 Å². The molecule has 0 radical (unpaired) electrons.